The highest BCUT2D eigenvalue weighted by Crippen LogP contribution is 2.40. The molecule has 1 fully saturated rings. The van der Waals surface area contributed by atoms with E-state index in [4.69, 9.17) is 0 Å². The van der Waals surface area contributed by atoms with Gasteiger partial charge < -0.3 is 0 Å². The van der Waals surface area contributed by atoms with E-state index in [2.05, 4.69) is 4.98 Å². The molecular formula is C18H19NO2S. The van der Waals surface area contributed by atoms with Crippen LogP contribution in [0.4, 0.5) is 0 Å². The zero-order valence-electron chi connectivity index (χ0n) is 13.1. The summed E-state index contributed by atoms with van der Waals surface area (Å²) >= 11 is 1.55. The number of hydrogen-bond acceptors (Lipinski definition) is 4. The van der Waals surface area contributed by atoms with Gasteiger partial charge in [0.05, 0.1) is 5.69 Å². The van der Waals surface area contributed by atoms with Crippen molar-refractivity contribution in [1.82, 2.24) is 4.98 Å². The fourth-order valence-electron chi connectivity index (χ4n) is 3.07. The lowest BCUT2D eigenvalue weighted by Gasteiger charge is -2.31. The number of hydrogen-bond donors (Lipinski definition) is 0. The summed E-state index contributed by atoms with van der Waals surface area (Å²) in [6.45, 7) is 5.89. The van der Waals surface area contributed by atoms with Crippen molar-refractivity contribution in [2.75, 3.05) is 0 Å². The second kappa shape index (κ2) is 5.43. The van der Waals surface area contributed by atoms with E-state index in [1.54, 1.807) is 11.3 Å². The lowest BCUT2D eigenvalue weighted by Crippen LogP contribution is -2.36. The normalized spacial score (nSPS) is 18.7. The average molecular weight is 313 g/mol. The zero-order chi connectivity index (χ0) is 15.9. The first kappa shape index (κ1) is 15.1. The molecule has 1 heterocycles. The maximum absolute atomic E-state index is 12.5. The summed E-state index contributed by atoms with van der Waals surface area (Å²) < 4.78 is 0. The first-order valence-corrected chi connectivity index (χ1v) is 8.27. The molecule has 0 bridgehead atoms. The molecule has 0 spiro atoms. The van der Waals surface area contributed by atoms with Gasteiger partial charge in [-0.3, -0.25) is 9.59 Å². The summed E-state index contributed by atoms with van der Waals surface area (Å²) in [6.07, 6.45) is 0.891. The molecule has 0 amide bonds. The molecule has 2 aromatic rings. The van der Waals surface area contributed by atoms with Crippen LogP contribution in [0.5, 0.6) is 0 Å². The van der Waals surface area contributed by atoms with Crippen LogP contribution in [-0.2, 0) is 9.59 Å². The van der Waals surface area contributed by atoms with Gasteiger partial charge in [0, 0.05) is 23.3 Å². The highest BCUT2D eigenvalue weighted by molar-refractivity contribution is 7.15. The molecule has 0 atom stereocenters. The van der Waals surface area contributed by atoms with Gasteiger partial charge in [-0.15, -0.1) is 11.3 Å². The standard InChI is InChI=1S/C18H19NO2S/c1-11-16(15-13(20)9-18(2,3)10-14(15)21)19-17(22-11)12-7-5-4-6-8-12/h4-8,15H,9-10H2,1-3H3. The first-order chi connectivity index (χ1) is 10.4. The number of nitrogens with zero attached hydrogens (tertiary/aromatic N) is 1. The van der Waals surface area contributed by atoms with Gasteiger partial charge in [0.25, 0.3) is 0 Å². The van der Waals surface area contributed by atoms with Crippen LogP contribution in [0.15, 0.2) is 30.3 Å². The predicted molar refractivity (Wildman–Crippen MR) is 88.1 cm³/mol. The van der Waals surface area contributed by atoms with Crippen molar-refractivity contribution >= 4 is 22.9 Å². The Morgan fingerprint density at radius 1 is 1.09 bits per heavy atom. The van der Waals surface area contributed by atoms with Gasteiger partial charge in [-0.05, 0) is 12.3 Å². The van der Waals surface area contributed by atoms with Gasteiger partial charge in [-0.2, -0.15) is 0 Å². The molecule has 3 rings (SSSR count). The fraction of sp³-hybridized carbons (Fsp3) is 0.389. The molecule has 3 nitrogen and oxygen atoms in total. The maximum atomic E-state index is 12.5. The second-order valence-corrected chi connectivity index (χ2v) is 7.91. The quantitative estimate of drug-likeness (QED) is 0.782. The third kappa shape index (κ3) is 2.75. The Morgan fingerprint density at radius 3 is 2.27 bits per heavy atom. The highest BCUT2D eigenvalue weighted by atomic mass is 32.1. The van der Waals surface area contributed by atoms with Crippen molar-refractivity contribution in [1.29, 1.82) is 0 Å². The van der Waals surface area contributed by atoms with E-state index in [1.165, 1.54) is 0 Å². The molecule has 1 saturated carbocycles. The molecular weight excluding hydrogens is 294 g/mol. The van der Waals surface area contributed by atoms with E-state index in [1.807, 2.05) is 51.1 Å². The number of rotatable bonds is 2. The largest absolute Gasteiger partial charge is 0.298 e. The Balaban J connectivity index is 1.98. The number of thiazole rings is 1. The SMILES string of the molecule is Cc1sc(-c2ccccc2)nc1C1C(=O)CC(C)(C)CC1=O. The van der Waals surface area contributed by atoms with Crippen LogP contribution in [0.25, 0.3) is 10.6 Å². The monoisotopic (exact) mass is 313 g/mol. The van der Waals surface area contributed by atoms with Gasteiger partial charge in [-0.1, -0.05) is 44.2 Å². The molecule has 114 valence electrons. The van der Waals surface area contributed by atoms with Crippen LogP contribution >= 0.6 is 11.3 Å². The van der Waals surface area contributed by atoms with Gasteiger partial charge in [0.1, 0.15) is 22.5 Å². The minimum Gasteiger partial charge on any atom is -0.298 e. The number of Topliss-reactive ketones (excluding diaryl/α,β-unsaturated/α-hetero) is 2. The summed E-state index contributed by atoms with van der Waals surface area (Å²) in [4.78, 5) is 30.5. The Labute approximate surface area is 134 Å². The van der Waals surface area contributed by atoms with Crippen LogP contribution < -0.4 is 0 Å². The van der Waals surface area contributed by atoms with E-state index < -0.39 is 5.92 Å². The third-order valence-electron chi connectivity index (χ3n) is 4.08. The summed E-state index contributed by atoms with van der Waals surface area (Å²) in [7, 11) is 0. The minimum atomic E-state index is -0.665. The lowest BCUT2D eigenvalue weighted by molar-refractivity contribution is -0.135. The van der Waals surface area contributed by atoms with Crippen molar-refractivity contribution in [3.8, 4) is 10.6 Å². The molecule has 0 unspecified atom stereocenters. The molecule has 22 heavy (non-hydrogen) atoms. The van der Waals surface area contributed by atoms with Gasteiger partial charge in [-0.25, -0.2) is 4.98 Å². The maximum Gasteiger partial charge on any atom is 0.149 e. The smallest absolute Gasteiger partial charge is 0.149 e. The van der Waals surface area contributed by atoms with E-state index in [9.17, 15) is 9.59 Å². The van der Waals surface area contributed by atoms with Gasteiger partial charge in [0.2, 0.25) is 0 Å². The van der Waals surface area contributed by atoms with Gasteiger partial charge >= 0.3 is 0 Å². The zero-order valence-corrected chi connectivity index (χ0v) is 13.9. The van der Waals surface area contributed by atoms with Crippen molar-refractivity contribution in [3.63, 3.8) is 0 Å². The summed E-state index contributed by atoms with van der Waals surface area (Å²) in [5.74, 6) is -0.648. The molecule has 1 aliphatic carbocycles. The molecule has 0 aliphatic heterocycles. The molecule has 0 saturated heterocycles. The van der Waals surface area contributed by atoms with Crippen LogP contribution in [0.2, 0.25) is 0 Å². The summed E-state index contributed by atoms with van der Waals surface area (Å²) in [5, 5.41) is 0.874. The number of carbonyl (C=O) groups excluding carboxylic acids is 2. The summed E-state index contributed by atoms with van der Waals surface area (Å²) in [5.41, 5.74) is 1.46. The van der Waals surface area contributed by atoms with E-state index in [0.717, 1.165) is 15.4 Å². The van der Waals surface area contributed by atoms with Crippen LogP contribution in [0, 0.1) is 12.3 Å². The van der Waals surface area contributed by atoms with Crippen molar-refractivity contribution < 1.29 is 9.59 Å². The Hall–Kier alpha value is -1.81. The Bertz CT molecular complexity index is 711. The topological polar surface area (TPSA) is 47.0 Å². The number of aryl methyl sites for hydroxylation is 1. The van der Waals surface area contributed by atoms with Crippen LogP contribution in [-0.4, -0.2) is 16.6 Å². The molecule has 1 aliphatic rings. The van der Waals surface area contributed by atoms with Crippen LogP contribution in [0.1, 0.15) is 43.2 Å². The lowest BCUT2D eigenvalue weighted by atomic mass is 9.70. The van der Waals surface area contributed by atoms with Crippen molar-refractivity contribution in [3.05, 3.63) is 40.9 Å². The van der Waals surface area contributed by atoms with Crippen molar-refractivity contribution in [2.45, 2.75) is 39.5 Å². The molecule has 1 aromatic heterocycles. The number of ketones is 2. The first-order valence-electron chi connectivity index (χ1n) is 7.45. The molecule has 1 aromatic carbocycles. The summed E-state index contributed by atoms with van der Waals surface area (Å²) in [6, 6.07) is 9.88. The molecule has 0 radical (unpaired) electrons. The second-order valence-electron chi connectivity index (χ2n) is 6.71. The third-order valence-corrected chi connectivity index (χ3v) is 5.11. The van der Waals surface area contributed by atoms with E-state index >= 15 is 0 Å². The Morgan fingerprint density at radius 2 is 1.68 bits per heavy atom. The van der Waals surface area contributed by atoms with Crippen LogP contribution in [0.3, 0.4) is 0 Å². The van der Waals surface area contributed by atoms with E-state index in [0.29, 0.717) is 18.5 Å². The predicted octanol–water partition coefficient (Wildman–Crippen LogP) is 4.16. The van der Waals surface area contributed by atoms with Gasteiger partial charge in [0.15, 0.2) is 0 Å². The minimum absolute atomic E-state index is 0.00858. The molecule has 4 heteroatoms. The fourth-order valence-corrected chi connectivity index (χ4v) is 4.03. The number of benzene rings is 1. The van der Waals surface area contributed by atoms with Crippen molar-refractivity contribution in [2.24, 2.45) is 5.41 Å². The van der Waals surface area contributed by atoms with E-state index in [-0.39, 0.29) is 17.0 Å². The Kier molecular flexibility index (Phi) is 3.73. The number of carbonyl (C=O) groups is 2. The average Bonchev–Trinajstić information content (AvgIpc) is 2.80. The highest BCUT2D eigenvalue weighted by Gasteiger charge is 2.42. The number of aromatic nitrogens is 1. The molecule has 0 N–H and O–H groups in total.